The summed E-state index contributed by atoms with van der Waals surface area (Å²) in [5.41, 5.74) is 0.332. The Morgan fingerprint density at radius 1 is 1.12 bits per heavy atom. The van der Waals surface area contributed by atoms with Gasteiger partial charge in [0.1, 0.15) is 0 Å². The van der Waals surface area contributed by atoms with E-state index in [4.69, 9.17) is 16.3 Å². The lowest BCUT2D eigenvalue weighted by Gasteiger charge is -2.34. The van der Waals surface area contributed by atoms with Crippen LogP contribution in [0.15, 0.2) is 24.3 Å². The van der Waals surface area contributed by atoms with E-state index in [0.717, 1.165) is 0 Å². The fraction of sp³-hybridized carbons (Fsp3) is 0.438. The van der Waals surface area contributed by atoms with E-state index < -0.39 is 0 Å². The van der Waals surface area contributed by atoms with Crippen LogP contribution in [0, 0.1) is 0 Å². The van der Waals surface area contributed by atoms with Gasteiger partial charge in [-0.25, -0.2) is 4.79 Å². The molecule has 7 nitrogen and oxygen atoms in total. The first-order valence-corrected chi connectivity index (χ1v) is 8.13. The molecule has 130 valence electrons. The highest BCUT2D eigenvalue weighted by molar-refractivity contribution is 6.33. The molecule has 1 aromatic carbocycles. The molecule has 0 radical (unpaired) electrons. The van der Waals surface area contributed by atoms with E-state index in [0.29, 0.717) is 43.4 Å². The lowest BCUT2D eigenvalue weighted by atomic mass is 10.2. The van der Waals surface area contributed by atoms with E-state index in [1.807, 2.05) is 0 Å². The van der Waals surface area contributed by atoms with Gasteiger partial charge in [-0.3, -0.25) is 9.59 Å². The summed E-state index contributed by atoms with van der Waals surface area (Å²) in [6, 6.07) is 6.65. The number of halogens is 1. The summed E-state index contributed by atoms with van der Waals surface area (Å²) < 4.78 is 4.93. The molecule has 0 spiro atoms. The molecular weight excluding hydrogens is 334 g/mol. The minimum atomic E-state index is -0.390. The maximum atomic E-state index is 12.2. The van der Waals surface area contributed by atoms with Crippen LogP contribution in [0.3, 0.4) is 0 Å². The molecule has 2 rings (SSSR count). The van der Waals surface area contributed by atoms with Crippen molar-refractivity contribution >= 4 is 29.5 Å². The van der Waals surface area contributed by atoms with Crippen molar-refractivity contribution in [1.82, 2.24) is 15.1 Å². The van der Waals surface area contributed by atoms with Gasteiger partial charge in [0.05, 0.1) is 23.7 Å². The standard InChI is InChI=1S/C16H20ClN3O4/c1-2-24-16(23)20-9-7-19(8-10-20)14(21)11-18-15(22)12-5-3-4-6-13(12)17/h3-6H,2,7-11H2,1H3,(H,18,22). The van der Waals surface area contributed by atoms with Crippen LogP contribution in [0.2, 0.25) is 5.02 Å². The summed E-state index contributed by atoms with van der Waals surface area (Å²) in [7, 11) is 0. The van der Waals surface area contributed by atoms with Gasteiger partial charge in [0.25, 0.3) is 5.91 Å². The molecule has 1 aliphatic heterocycles. The summed E-state index contributed by atoms with van der Waals surface area (Å²) in [6.45, 7) is 3.64. The zero-order valence-corrected chi connectivity index (χ0v) is 14.2. The highest BCUT2D eigenvalue weighted by Gasteiger charge is 2.25. The van der Waals surface area contributed by atoms with Crippen LogP contribution >= 0.6 is 11.6 Å². The molecule has 0 aromatic heterocycles. The first kappa shape index (κ1) is 18.1. The van der Waals surface area contributed by atoms with Gasteiger partial charge in [-0.2, -0.15) is 0 Å². The van der Waals surface area contributed by atoms with Gasteiger partial charge in [-0.05, 0) is 19.1 Å². The Morgan fingerprint density at radius 3 is 2.38 bits per heavy atom. The Bertz CT molecular complexity index is 615. The molecule has 1 saturated heterocycles. The number of piperazine rings is 1. The number of carbonyl (C=O) groups is 3. The molecular formula is C16H20ClN3O4. The molecule has 0 saturated carbocycles. The van der Waals surface area contributed by atoms with E-state index in [1.165, 1.54) is 0 Å². The SMILES string of the molecule is CCOC(=O)N1CCN(C(=O)CNC(=O)c2ccccc2Cl)CC1. The van der Waals surface area contributed by atoms with Gasteiger partial charge >= 0.3 is 6.09 Å². The van der Waals surface area contributed by atoms with Gasteiger partial charge < -0.3 is 19.9 Å². The Morgan fingerprint density at radius 2 is 1.75 bits per heavy atom. The maximum absolute atomic E-state index is 12.2. The highest BCUT2D eigenvalue weighted by Crippen LogP contribution is 2.14. The van der Waals surface area contributed by atoms with Crippen LogP contribution in [0.5, 0.6) is 0 Å². The van der Waals surface area contributed by atoms with Crippen LogP contribution in [0.25, 0.3) is 0 Å². The molecule has 0 bridgehead atoms. The topological polar surface area (TPSA) is 79.0 Å². The Kier molecular flexibility index (Phi) is 6.43. The minimum Gasteiger partial charge on any atom is -0.450 e. The van der Waals surface area contributed by atoms with Gasteiger partial charge in [0.2, 0.25) is 5.91 Å². The molecule has 0 unspecified atom stereocenters. The molecule has 1 heterocycles. The van der Waals surface area contributed by atoms with Crippen LogP contribution in [-0.4, -0.2) is 67.0 Å². The number of carbonyl (C=O) groups excluding carboxylic acids is 3. The molecule has 8 heteroatoms. The van der Waals surface area contributed by atoms with Crippen molar-refractivity contribution in [1.29, 1.82) is 0 Å². The Hall–Kier alpha value is -2.28. The molecule has 0 aliphatic carbocycles. The number of nitrogens with zero attached hydrogens (tertiary/aromatic N) is 2. The molecule has 1 aliphatic rings. The number of hydrogen-bond acceptors (Lipinski definition) is 4. The van der Waals surface area contributed by atoms with Crippen molar-refractivity contribution in [3.63, 3.8) is 0 Å². The first-order valence-electron chi connectivity index (χ1n) is 7.75. The van der Waals surface area contributed by atoms with Crippen molar-refractivity contribution in [2.75, 3.05) is 39.3 Å². The number of ether oxygens (including phenoxy) is 1. The zero-order valence-electron chi connectivity index (χ0n) is 13.5. The number of nitrogens with one attached hydrogen (secondary N) is 1. The molecule has 1 fully saturated rings. The van der Waals surface area contributed by atoms with Crippen molar-refractivity contribution < 1.29 is 19.1 Å². The summed E-state index contributed by atoms with van der Waals surface area (Å²) >= 11 is 5.95. The largest absolute Gasteiger partial charge is 0.450 e. The quantitative estimate of drug-likeness (QED) is 0.886. The second-order valence-electron chi connectivity index (χ2n) is 5.23. The molecule has 24 heavy (non-hydrogen) atoms. The number of amides is 3. The minimum absolute atomic E-state index is 0.108. The van der Waals surface area contributed by atoms with Crippen LogP contribution in [0.4, 0.5) is 4.79 Å². The molecule has 1 aromatic rings. The van der Waals surface area contributed by atoms with Crippen molar-refractivity contribution in [3.05, 3.63) is 34.9 Å². The maximum Gasteiger partial charge on any atom is 0.409 e. The third-order valence-corrected chi connectivity index (χ3v) is 4.01. The molecule has 3 amide bonds. The summed E-state index contributed by atoms with van der Waals surface area (Å²) in [6.07, 6.45) is -0.364. The Balaban J connectivity index is 1.79. The number of benzene rings is 1. The second-order valence-corrected chi connectivity index (χ2v) is 5.64. The van der Waals surface area contributed by atoms with E-state index in [2.05, 4.69) is 5.32 Å². The average Bonchev–Trinajstić information content (AvgIpc) is 2.60. The van der Waals surface area contributed by atoms with Gasteiger partial charge in [0.15, 0.2) is 0 Å². The number of rotatable bonds is 4. The summed E-state index contributed by atoms with van der Waals surface area (Å²) in [5.74, 6) is -0.585. The van der Waals surface area contributed by atoms with Gasteiger partial charge in [-0.1, -0.05) is 23.7 Å². The monoisotopic (exact) mass is 353 g/mol. The Labute approximate surface area is 145 Å². The van der Waals surface area contributed by atoms with E-state index in [9.17, 15) is 14.4 Å². The molecule has 1 N–H and O–H groups in total. The fourth-order valence-corrected chi connectivity index (χ4v) is 2.58. The second kappa shape index (κ2) is 8.54. The third-order valence-electron chi connectivity index (χ3n) is 3.68. The van der Waals surface area contributed by atoms with E-state index >= 15 is 0 Å². The summed E-state index contributed by atoms with van der Waals surface area (Å²) in [4.78, 5) is 39.0. The third kappa shape index (κ3) is 4.61. The predicted molar refractivity (Wildman–Crippen MR) is 89.0 cm³/mol. The first-order chi connectivity index (χ1) is 11.5. The average molecular weight is 354 g/mol. The van der Waals surface area contributed by atoms with E-state index in [1.54, 1.807) is 41.0 Å². The zero-order chi connectivity index (χ0) is 17.5. The van der Waals surface area contributed by atoms with E-state index in [-0.39, 0.29) is 24.5 Å². The van der Waals surface area contributed by atoms with Gasteiger partial charge in [0, 0.05) is 26.2 Å². The van der Waals surface area contributed by atoms with Gasteiger partial charge in [-0.15, -0.1) is 0 Å². The normalized spacial score (nSPS) is 14.2. The smallest absolute Gasteiger partial charge is 0.409 e. The predicted octanol–water partition coefficient (Wildman–Crippen LogP) is 1.37. The fourth-order valence-electron chi connectivity index (χ4n) is 2.36. The van der Waals surface area contributed by atoms with Crippen molar-refractivity contribution in [2.24, 2.45) is 0 Å². The lowest BCUT2D eigenvalue weighted by molar-refractivity contribution is -0.131. The van der Waals surface area contributed by atoms with Crippen LogP contribution in [-0.2, 0) is 9.53 Å². The van der Waals surface area contributed by atoms with Crippen LogP contribution < -0.4 is 5.32 Å². The van der Waals surface area contributed by atoms with Crippen molar-refractivity contribution in [2.45, 2.75) is 6.92 Å². The van der Waals surface area contributed by atoms with Crippen LogP contribution in [0.1, 0.15) is 17.3 Å². The lowest BCUT2D eigenvalue weighted by Crippen LogP contribution is -2.52. The van der Waals surface area contributed by atoms with Crippen molar-refractivity contribution in [3.8, 4) is 0 Å². The highest BCUT2D eigenvalue weighted by atomic mass is 35.5. The summed E-state index contributed by atoms with van der Waals surface area (Å²) in [5, 5.41) is 2.91. The molecule has 0 atom stereocenters. The number of hydrogen-bond donors (Lipinski definition) is 1.